The van der Waals surface area contributed by atoms with E-state index >= 15 is 0 Å². The maximum Gasteiger partial charge on any atom is 0.306 e. The Bertz CT molecular complexity index is 638. The second-order valence-corrected chi connectivity index (χ2v) is 8.29. The molecule has 0 amide bonds. The highest BCUT2D eigenvalue weighted by atomic mass is 16.6. The molecule has 1 fully saturated rings. The van der Waals surface area contributed by atoms with E-state index in [0.29, 0.717) is 12.8 Å². The Hall–Kier alpha value is -2.11. The lowest BCUT2D eigenvalue weighted by atomic mass is 10.0. The van der Waals surface area contributed by atoms with Crippen LogP contribution in [0.2, 0.25) is 0 Å². The van der Waals surface area contributed by atoms with Gasteiger partial charge in [0.1, 0.15) is 18.3 Å². The third-order valence-corrected chi connectivity index (χ3v) is 5.59. The molecular weight excluding hydrogens is 384 g/mol. The van der Waals surface area contributed by atoms with E-state index in [1.54, 1.807) is 0 Å². The summed E-state index contributed by atoms with van der Waals surface area (Å²) in [5.74, 6) is -0.557. The molecule has 2 aliphatic rings. The third-order valence-electron chi connectivity index (χ3n) is 5.59. The maximum atomic E-state index is 12.0. The third kappa shape index (κ3) is 8.72. The Morgan fingerprint density at radius 3 is 2.63 bits per heavy atom. The maximum absolute atomic E-state index is 12.0. The number of esters is 3. The van der Waals surface area contributed by atoms with E-state index in [-0.39, 0.29) is 42.0 Å². The molecule has 1 aliphatic heterocycles. The molecule has 30 heavy (non-hydrogen) atoms. The fraction of sp³-hybridized carbons (Fsp3) is 0.708. The van der Waals surface area contributed by atoms with Crippen LogP contribution < -0.4 is 0 Å². The SMILES string of the molecule is CCCCC[C@H](C=C[C@@H](OC(C)=O)[C@@H]1C[C@H]1[C@@H]1C/C=C\CCCC(=O)O1)OC(C)=O. The molecular formula is C24H36O6. The predicted octanol–water partition coefficient (Wildman–Crippen LogP) is 4.66. The normalized spacial score (nSPS) is 27.2. The summed E-state index contributed by atoms with van der Waals surface area (Å²) in [5.41, 5.74) is 0. The highest BCUT2D eigenvalue weighted by Gasteiger charge is 2.49. The molecule has 0 aromatic rings. The molecule has 0 unspecified atom stereocenters. The quantitative estimate of drug-likeness (QED) is 0.221. The van der Waals surface area contributed by atoms with Crippen molar-refractivity contribution >= 4 is 17.9 Å². The van der Waals surface area contributed by atoms with Gasteiger partial charge in [-0.2, -0.15) is 0 Å². The number of cyclic esters (lactones) is 1. The molecule has 168 valence electrons. The lowest BCUT2D eigenvalue weighted by Gasteiger charge is -2.19. The Morgan fingerprint density at radius 1 is 1.17 bits per heavy atom. The highest BCUT2D eigenvalue weighted by Crippen LogP contribution is 2.47. The van der Waals surface area contributed by atoms with Gasteiger partial charge in [0, 0.05) is 38.5 Å². The second-order valence-electron chi connectivity index (χ2n) is 8.29. The van der Waals surface area contributed by atoms with Gasteiger partial charge in [0.2, 0.25) is 0 Å². The standard InChI is InChI=1S/C24H36O6/c1-4-5-8-11-19(28-17(2)25)14-15-23(29-18(3)26)21-16-20(21)22-12-9-6-7-10-13-24(27)30-22/h6,9,14-15,19-23H,4-5,7-8,10-13,16H2,1-3H3/b9-6-,15-14?/t19-,20-,21-,22+,23-/m1/s1. The number of rotatable bonds is 10. The van der Waals surface area contributed by atoms with Gasteiger partial charge in [-0.3, -0.25) is 14.4 Å². The molecule has 0 bridgehead atoms. The number of ether oxygens (including phenoxy) is 3. The minimum Gasteiger partial charge on any atom is -0.462 e. The van der Waals surface area contributed by atoms with E-state index in [0.717, 1.165) is 44.9 Å². The molecule has 1 heterocycles. The zero-order valence-corrected chi connectivity index (χ0v) is 18.5. The fourth-order valence-corrected chi connectivity index (χ4v) is 3.99. The topological polar surface area (TPSA) is 78.9 Å². The van der Waals surface area contributed by atoms with E-state index < -0.39 is 6.10 Å². The first-order valence-electron chi connectivity index (χ1n) is 11.3. The van der Waals surface area contributed by atoms with Crippen molar-refractivity contribution in [2.75, 3.05) is 0 Å². The Kier molecular flexibility index (Phi) is 10.1. The summed E-state index contributed by atoms with van der Waals surface area (Å²) in [5, 5.41) is 0. The van der Waals surface area contributed by atoms with Gasteiger partial charge in [-0.05, 0) is 44.3 Å². The van der Waals surface area contributed by atoms with Gasteiger partial charge in [0.15, 0.2) is 0 Å². The molecule has 6 nitrogen and oxygen atoms in total. The van der Waals surface area contributed by atoms with Gasteiger partial charge in [0.25, 0.3) is 0 Å². The van der Waals surface area contributed by atoms with E-state index in [9.17, 15) is 14.4 Å². The van der Waals surface area contributed by atoms with Crippen LogP contribution in [0.5, 0.6) is 0 Å². The van der Waals surface area contributed by atoms with Crippen LogP contribution in [0.3, 0.4) is 0 Å². The number of hydrogen-bond acceptors (Lipinski definition) is 6. The summed E-state index contributed by atoms with van der Waals surface area (Å²) in [6.45, 7) is 4.92. The van der Waals surface area contributed by atoms with Gasteiger partial charge in [0.05, 0.1) is 0 Å². The summed E-state index contributed by atoms with van der Waals surface area (Å²) in [4.78, 5) is 35.1. The average Bonchev–Trinajstić information content (AvgIpc) is 3.45. The van der Waals surface area contributed by atoms with Crippen molar-refractivity contribution < 1.29 is 28.6 Å². The number of allylic oxidation sites excluding steroid dienone is 1. The lowest BCUT2D eigenvalue weighted by molar-refractivity contribution is -0.151. The molecule has 5 atom stereocenters. The van der Waals surface area contributed by atoms with Crippen molar-refractivity contribution in [1.29, 1.82) is 0 Å². The number of carbonyl (C=O) groups is 3. The fourth-order valence-electron chi connectivity index (χ4n) is 3.99. The summed E-state index contributed by atoms with van der Waals surface area (Å²) in [6.07, 6.45) is 14.5. The zero-order chi connectivity index (χ0) is 21.9. The van der Waals surface area contributed by atoms with E-state index in [1.807, 2.05) is 12.2 Å². The first-order chi connectivity index (χ1) is 14.4. The van der Waals surface area contributed by atoms with Crippen LogP contribution in [0.1, 0.15) is 78.6 Å². The molecule has 6 heteroatoms. The number of unbranched alkanes of at least 4 members (excludes halogenated alkanes) is 2. The van der Waals surface area contributed by atoms with Crippen molar-refractivity contribution in [2.24, 2.45) is 11.8 Å². The monoisotopic (exact) mass is 420 g/mol. The van der Waals surface area contributed by atoms with Crippen molar-refractivity contribution in [1.82, 2.24) is 0 Å². The van der Waals surface area contributed by atoms with Crippen molar-refractivity contribution in [3.8, 4) is 0 Å². The summed E-state index contributed by atoms with van der Waals surface area (Å²) in [6, 6.07) is 0. The predicted molar refractivity (Wildman–Crippen MR) is 113 cm³/mol. The molecule has 0 spiro atoms. The minimum absolute atomic E-state index is 0.103. The van der Waals surface area contributed by atoms with Crippen LogP contribution in [0.25, 0.3) is 0 Å². The van der Waals surface area contributed by atoms with Gasteiger partial charge < -0.3 is 14.2 Å². The number of carbonyl (C=O) groups excluding carboxylic acids is 3. The van der Waals surface area contributed by atoms with Crippen LogP contribution in [-0.4, -0.2) is 36.2 Å². The van der Waals surface area contributed by atoms with Crippen molar-refractivity contribution in [3.63, 3.8) is 0 Å². The molecule has 1 aliphatic carbocycles. The lowest BCUT2D eigenvalue weighted by Crippen LogP contribution is -2.24. The second kappa shape index (κ2) is 12.6. The summed E-state index contributed by atoms with van der Waals surface area (Å²) in [7, 11) is 0. The zero-order valence-electron chi connectivity index (χ0n) is 18.5. The molecule has 0 N–H and O–H groups in total. The van der Waals surface area contributed by atoms with E-state index in [1.165, 1.54) is 13.8 Å². The Morgan fingerprint density at radius 2 is 1.93 bits per heavy atom. The van der Waals surface area contributed by atoms with Crippen LogP contribution in [-0.2, 0) is 28.6 Å². The minimum atomic E-state index is -0.410. The Balaban J connectivity index is 2.03. The molecule has 0 aromatic carbocycles. The summed E-state index contributed by atoms with van der Waals surface area (Å²) >= 11 is 0. The van der Waals surface area contributed by atoms with Gasteiger partial charge in [-0.1, -0.05) is 31.9 Å². The van der Waals surface area contributed by atoms with Crippen molar-refractivity contribution in [2.45, 2.75) is 96.9 Å². The van der Waals surface area contributed by atoms with Gasteiger partial charge >= 0.3 is 17.9 Å². The molecule has 0 aromatic heterocycles. The highest BCUT2D eigenvalue weighted by molar-refractivity contribution is 5.69. The molecule has 1 saturated carbocycles. The smallest absolute Gasteiger partial charge is 0.306 e. The summed E-state index contributed by atoms with van der Waals surface area (Å²) < 4.78 is 16.7. The first kappa shape index (κ1) is 24.2. The molecule has 0 saturated heterocycles. The van der Waals surface area contributed by atoms with Crippen molar-refractivity contribution in [3.05, 3.63) is 24.3 Å². The van der Waals surface area contributed by atoms with Crippen LogP contribution >= 0.6 is 0 Å². The molecule has 0 radical (unpaired) electrons. The number of hydrogen-bond donors (Lipinski definition) is 0. The van der Waals surface area contributed by atoms with Gasteiger partial charge in [-0.15, -0.1) is 0 Å². The van der Waals surface area contributed by atoms with E-state index in [2.05, 4.69) is 19.1 Å². The first-order valence-corrected chi connectivity index (χ1v) is 11.3. The largest absolute Gasteiger partial charge is 0.462 e. The Labute approximate surface area is 180 Å². The average molecular weight is 421 g/mol. The van der Waals surface area contributed by atoms with Crippen LogP contribution in [0.15, 0.2) is 24.3 Å². The van der Waals surface area contributed by atoms with Gasteiger partial charge in [-0.25, -0.2) is 0 Å². The van der Waals surface area contributed by atoms with E-state index in [4.69, 9.17) is 14.2 Å². The van der Waals surface area contributed by atoms with Crippen LogP contribution in [0, 0.1) is 11.8 Å². The molecule has 2 rings (SSSR count). The van der Waals surface area contributed by atoms with Crippen LogP contribution in [0.4, 0.5) is 0 Å².